The van der Waals surface area contributed by atoms with Gasteiger partial charge in [0.15, 0.2) is 19.0 Å². The molecular weight excluding hydrogens is 328 g/mol. The molecule has 2 aromatic rings. The van der Waals surface area contributed by atoms with Gasteiger partial charge in [-0.25, -0.2) is 0 Å². The molecule has 1 aliphatic heterocycles. The van der Waals surface area contributed by atoms with Crippen LogP contribution in [0.5, 0.6) is 0 Å². The van der Waals surface area contributed by atoms with Gasteiger partial charge in [-0.3, -0.25) is 19.6 Å². The molecule has 26 heavy (non-hydrogen) atoms. The number of hydrogen-bond donors (Lipinski definition) is 2. The Balaban J connectivity index is 1.56. The van der Waals surface area contributed by atoms with Gasteiger partial charge >= 0.3 is 0 Å². The molecule has 1 aromatic carbocycles. The maximum Gasteiger partial charge on any atom is 0.257 e. The fourth-order valence-corrected chi connectivity index (χ4v) is 3.13. The summed E-state index contributed by atoms with van der Waals surface area (Å²) in [7, 11) is 0. The van der Waals surface area contributed by atoms with Gasteiger partial charge in [0.25, 0.3) is 5.91 Å². The molecule has 0 fully saturated rings. The van der Waals surface area contributed by atoms with E-state index in [0.717, 1.165) is 19.7 Å². The molecule has 6 nitrogen and oxygen atoms in total. The Morgan fingerprint density at radius 2 is 2.15 bits per heavy atom. The summed E-state index contributed by atoms with van der Waals surface area (Å²) in [5.41, 5.74) is 2.94. The van der Waals surface area contributed by atoms with E-state index in [4.69, 9.17) is 4.74 Å². The molecule has 138 valence electrons. The largest absolute Gasteiger partial charge is 0.361 e. The summed E-state index contributed by atoms with van der Waals surface area (Å²) in [5.74, 6) is -0.0997. The third-order valence-corrected chi connectivity index (χ3v) is 4.53. The third-order valence-electron chi connectivity index (χ3n) is 4.53. The van der Waals surface area contributed by atoms with Crippen LogP contribution in [0.15, 0.2) is 48.8 Å². The molecule has 2 N–H and O–H groups in total. The number of carbonyl (C=O) groups excluding carboxylic acids is 1. The van der Waals surface area contributed by atoms with E-state index in [9.17, 15) is 4.79 Å². The topological polar surface area (TPSA) is 58.9 Å². The van der Waals surface area contributed by atoms with Gasteiger partial charge < -0.3 is 10.1 Å². The van der Waals surface area contributed by atoms with E-state index in [1.165, 1.54) is 29.1 Å². The minimum absolute atomic E-state index is 0.0997. The van der Waals surface area contributed by atoms with E-state index < -0.39 is 0 Å². The Morgan fingerprint density at radius 1 is 1.27 bits per heavy atom. The highest BCUT2D eigenvalue weighted by Gasteiger charge is 2.30. The summed E-state index contributed by atoms with van der Waals surface area (Å²) in [6.45, 7) is 4.87. The lowest BCUT2D eigenvalue weighted by Crippen LogP contribution is -3.08. The normalized spacial score (nSPS) is 15.7. The number of carbonyl (C=O) groups is 1. The van der Waals surface area contributed by atoms with Crippen LogP contribution in [-0.2, 0) is 4.74 Å². The van der Waals surface area contributed by atoms with Gasteiger partial charge in [0.1, 0.15) is 12.4 Å². The van der Waals surface area contributed by atoms with Crippen LogP contribution in [0.1, 0.15) is 36.5 Å². The van der Waals surface area contributed by atoms with E-state index in [1.807, 2.05) is 12.1 Å². The number of nitrogens with zero attached hydrogens (tertiary/aromatic N) is 2. The molecule has 0 saturated heterocycles. The molecule has 1 unspecified atom stereocenters. The van der Waals surface area contributed by atoms with Crippen molar-refractivity contribution in [2.24, 2.45) is 0 Å². The number of amides is 1. The molecule has 0 bridgehead atoms. The van der Waals surface area contributed by atoms with E-state index in [0.29, 0.717) is 19.0 Å². The van der Waals surface area contributed by atoms with Gasteiger partial charge in [-0.2, -0.15) is 0 Å². The number of ether oxygens (including phenoxy) is 1. The predicted molar refractivity (Wildman–Crippen MR) is 101 cm³/mol. The van der Waals surface area contributed by atoms with Crippen molar-refractivity contribution < 1.29 is 14.4 Å². The molecule has 0 spiro atoms. The lowest BCUT2D eigenvalue weighted by Gasteiger charge is -2.18. The summed E-state index contributed by atoms with van der Waals surface area (Å²) in [6, 6.07) is 11.8. The molecule has 1 aliphatic rings. The molecule has 2 heterocycles. The van der Waals surface area contributed by atoms with Crippen molar-refractivity contribution in [1.82, 2.24) is 10.3 Å². The van der Waals surface area contributed by atoms with Crippen molar-refractivity contribution in [3.63, 3.8) is 0 Å². The first-order chi connectivity index (χ1) is 12.8. The number of unbranched alkanes of at least 4 members (excludes halogenated alkanes) is 2. The molecule has 1 atom stereocenters. The van der Waals surface area contributed by atoms with Crippen molar-refractivity contribution in [2.45, 2.75) is 26.2 Å². The van der Waals surface area contributed by atoms with E-state index in [-0.39, 0.29) is 5.91 Å². The first-order valence-electron chi connectivity index (χ1n) is 9.24. The Hall–Kier alpha value is -2.44. The smallest absolute Gasteiger partial charge is 0.257 e. The van der Waals surface area contributed by atoms with Crippen LogP contribution in [0.4, 0.5) is 11.4 Å². The summed E-state index contributed by atoms with van der Waals surface area (Å²) in [4.78, 5) is 19.7. The van der Waals surface area contributed by atoms with Gasteiger partial charge in [-0.15, -0.1) is 0 Å². The first-order valence-corrected chi connectivity index (χ1v) is 9.24. The Bertz CT molecular complexity index is 708. The number of quaternary nitrogens is 1. The van der Waals surface area contributed by atoms with Crippen molar-refractivity contribution >= 4 is 17.3 Å². The van der Waals surface area contributed by atoms with Crippen LogP contribution in [0, 0.1) is 0 Å². The van der Waals surface area contributed by atoms with Gasteiger partial charge in [0.05, 0.1) is 5.56 Å². The van der Waals surface area contributed by atoms with Gasteiger partial charge in [-0.05, 0) is 24.6 Å². The SMILES string of the molecule is CCCCCOCN1C[NH+](CNC(=O)c2cccnc2)c2ccccc21. The van der Waals surface area contributed by atoms with Crippen LogP contribution in [-0.4, -0.2) is 37.6 Å². The second-order valence-corrected chi connectivity index (χ2v) is 6.49. The quantitative estimate of drug-likeness (QED) is 0.675. The van der Waals surface area contributed by atoms with Gasteiger partial charge in [0, 0.05) is 25.1 Å². The molecular formula is C20H27N4O2+. The Kier molecular flexibility index (Phi) is 6.57. The van der Waals surface area contributed by atoms with Crippen molar-refractivity contribution in [3.05, 3.63) is 54.4 Å². The highest BCUT2D eigenvalue weighted by molar-refractivity contribution is 5.93. The van der Waals surface area contributed by atoms with E-state index in [1.54, 1.807) is 24.5 Å². The molecule has 0 radical (unpaired) electrons. The fraction of sp³-hybridized carbons (Fsp3) is 0.400. The first kappa shape index (κ1) is 18.4. The minimum atomic E-state index is -0.0997. The number of para-hydroxylation sites is 2. The van der Waals surface area contributed by atoms with Crippen LogP contribution in [0.3, 0.4) is 0 Å². The molecule has 1 aromatic heterocycles. The van der Waals surface area contributed by atoms with Crippen LogP contribution < -0.4 is 15.1 Å². The zero-order chi connectivity index (χ0) is 18.2. The van der Waals surface area contributed by atoms with E-state index >= 15 is 0 Å². The van der Waals surface area contributed by atoms with Crippen molar-refractivity contribution in [1.29, 1.82) is 0 Å². The predicted octanol–water partition coefficient (Wildman–Crippen LogP) is 1.93. The van der Waals surface area contributed by atoms with Gasteiger partial charge in [0.2, 0.25) is 0 Å². The molecule has 1 amide bonds. The number of anilines is 1. The lowest BCUT2D eigenvalue weighted by atomic mass is 10.2. The van der Waals surface area contributed by atoms with E-state index in [2.05, 4.69) is 34.3 Å². The Morgan fingerprint density at radius 3 is 2.96 bits per heavy atom. The fourth-order valence-electron chi connectivity index (χ4n) is 3.13. The summed E-state index contributed by atoms with van der Waals surface area (Å²) in [6.07, 6.45) is 6.75. The standard InChI is InChI=1S/C20H26N4O2/c1-2-3-6-12-26-16-24-15-23(18-9-4-5-10-19(18)24)14-22-20(25)17-8-7-11-21-13-17/h4-5,7-11,13H,2-3,6,12,14-16H2,1H3,(H,22,25)/p+1. The minimum Gasteiger partial charge on any atom is -0.361 e. The second kappa shape index (κ2) is 9.31. The highest BCUT2D eigenvalue weighted by Crippen LogP contribution is 2.25. The van der Waals surface area contributed by atoms with Crippen LogP contribution >= 0.6 is 0 Å². The maximum atomic E-state index is 12.3. The number of benzene rings is 1. The van der Waals surface area contributed by atoms with Crippen molar-refractivity contribution in [3.8, 4) is 0 Å². The third kappa shape index (κ3) is 4.59. The molecule has 6 heteroatoms. The van der Waals surface area contributed by atoms with Crippen LogP contribution in [0.25, 0.3) is 0 Å². The average Bonchev–Trinajstić information content (AvgIpc) is 3.04. The molecule has 0 saturated carbocycles. The zero-order valence-corrected chi connectivity index (χ0v) is 15.3. The number of hydrogen-bond acceptors (Lipinski definition) is 4. The highest BCUT2D eigenvalue weighted by atomic mass is 16.5. The number of pyridine rings is 1. The monoisotopic (exact) mass is 355 g/mol. The molecule has 0 aliphatic carbocycles. The average molecular weight is 355 g/mol. The second-order valence-electron chi connectivity index (χ2n) is 6.49. The number of nitrogens with one attached hydrogen (secondary N) is 2. The Labute approximate surface area is 154 Å². The summed E-state index contributed by atoms with van der Waals surface area (Å²) >= 11 is 0. The maximum absolute atomic E-state index is 12.3. The summed E-state index contributed by atoms with van der Waals surface area (Å²) < 4.78 is 5.84. The zero-order valence-electron chi connectivity index (χ0n) is 15.3. The van der Waals surface area contributed by atoms with Gasteiger partial charge in [-0.1, -0.05) is 31.9 Å². The van der Waals surface area contributed by atoms with Crippen LogP contribution in [0.2, 0.25) is 0 Å². The molecule has 3 rings (SSSR count). The number of rotatable bonds is 9. The lowest BCUT2D eigenvalue weighted by molar-refractivity contribution is -0.828. The summed E-state index contributed by atoms with van der Waals surface area (Å²) in [5, 5.41) is 3.00. The van der Waals surface area contributed by atoms with Crippen molar-refractivity contribution in [2.75, 3.05) is 31.6 Å². The number of fused-ring (bicyclic) bond motifs is 1. The number of aromatic nitrogens is 1.